The highest BCUT2D eigenvalue weighted by Crippen LogP contribution is 2.22. The SMILES string of the molecule is O=C(N[C@H](CO)Cc1ccccc1)c1n[nH]c2c1CCC2. The van der Waals surface area contributed by atoms with E-state index >= 15 is 0 Å². The Kier molecular flexibility index (Phi) is 4.01. The fraction of sp³-hybridized carbons (Fsp3) is 0.375. The second-order valence-corrected chi connectivity index (χ2v) is 5.43. The van der Waals surface area contributed by atoms with Gasteiger partial charge in [0.05, 0.1) is 12.6 Å². The van der Waals surface area contributed by atoms with Gasteiger partial charge in [-0.15, -0.1) is 0 Å². The Morgan fingerprint density at radius 1 is 1.33 bits per heavy atom. The maximum atomic E-state index is 12.3. The number of aliphatic hydroxyl groups is 1. The van der Waals surface area contributed by atoms with Gasteiger partial charge in [0.2, 0.25) is 0 Å². The van der Waals surface area contributed by atoms with Gasteiger partial charge in [-0.05, 0) is 31.2 Å². The summed E-state index contributed by atoms with van der Waals surface area (Å²) >= 11 is 0. The van der Waals surface area contributed by atoms with Gasteiger partial charge in [-0.2, -0.15) is 5.10 Å². The first-order valence-electron chi connectivity index (χ1n) is 7.29. The van der Waals surface area contributed by atoms with E-state index in [1.165, 1.54) is 0 Å². The summed E-state index contributed by atoms with van der Waals surface area (Å²) in [6, 6.07) is 9.53. The highest BCUT2D eigenvalue weighted by atomic mass is 16.3. The molecule has 21 heavy (non-hydrogen) atoms. The first kappa shape index (κ1) is 13.8. The number of hydrogen-bond donors (Lipinski definition) is 3. The summed E-state index contributed by atoms with van der Waals surface area (Å²) < 4.78 is 0. The molecule has 0 fully saturated rings. The Morgan fingerprint density at radius 2 is 2.14 bits per heavy atom. The second-order valence-electron chi connectivity index (χ2n) is 5.43. The van der Waals surface area contributed by atoms with Crippen molar-refractivity contribution in [1.82, 2.24) is 15.5 Å². The molecule has 5 nitrogen and oxygen atoms in total. The van der Waals surface area contributed by atoms with Crippen molar-refractivity contribution >= 4 is 5.91 Å². The van der Waals surface area contributed by atoms with Gasteiger partial charge < -0.3 is 10.4 Å². The van der Waals surface area contributed by atoms with Crippen LogP contribution in [0.1, 0.15) is 33.7 Å². The van der Waals surface area contributed by atoms with Crippen LogP contribution in [0.25, 0.3) is 0 Å². The molecule has 1 aliphatic rings. The number of nitrogens with zero attached hydrogens (tertiary/aromatic N) is 1. The lowest BCUT2D eigenvalue weighted by Gasteiger charge is -2.16. The van der Waals surface area contributed by atoms with Crippen molar-refractivity contribution in [2.45, 2.75) is 31.7 Å². The summed E-state index contributed by atoms with van der Waals surface area (Å²) in [5.74, 6) is -0.204. The Labute approximate surface area is 123 Å². The highest BCUT2D eigenvalue weighted by molar-refractivity contribution is 5.94. The molecule has 3 N–H and O–H groups in total. The fourth-order valence-electron chi connectivity index (χ4n) is 2.82. The third-order valence-corrected chi connectivity index (χ3v) is 3.90. The number of H-pyrrole nitrogens is 1. The summed E-state index contributed by atoms with van der Waals surface area (Å²) in [6.45, 7) is -0.0900. The van der Waals surface area contributed by atoms with Crippen molar-refractivity contribution < 1.29 is 9.90 Å². The molecule has 0 saturated heterocycles. The average molecular weight is 285 g/mol. The molecular formula is C16H19N3O2. The van der Waals surface area contributed by atoms with Crippen LogP contribution in [0.15, 0.2) is 30.3 Å². The third kappa shape index (κ3) is 2.97. The molecule has 0 saturated carbocycles. The largest absolute Gasteiger partial charge is 0.394 e. The van der Waals surface area contributed by atoms with Gasteiger partial charge in [-0.3, -0.25) is 9.89 Å². The number of benzene rings is 1. The molecule has 1 aromatic heterocycles. The zero-order chi connectivity index (χ0) is 14.7. The predicted molar refractivity (Wildman–Crippen MR) is 79.1 cm³/mol. The molecule has 2 aromatic rings. The van der Waals surface area contributed by atoms with Crippen LogP contribution in [0.5, 0.6) is 0 Å². The van der Waals surface area contributed by atoms with Gasteiger partial charge in [0.15, 0.2) is 5.69 Å². The minimum Gasteiger partial charge on any atom is -0.394 e. The molecule has 0 radical (unpaired) electrons. The Morgan fingerprint density at radius 3 is 2.90 bits per heavy atom. The lowest BCUT2D eigenvalue weighted by Crippen LogP contribution is -2.39. The van der Waals surface area contributed by atoms with Crippen LogP contribution in [-0.4, -0.2) is 33.9 Å². The number of aryl methyl sites for hydroxylation is 1. The molecule has 0 spiro atoms. The van der Waals surface area contributed by atoms with E-state index in [0.29, 0.717) is 12.1 Å². The normalized spacial score (nSPS) is 14.7. The van der Waals surface area contributed by atoms with Crippen molar-refractivity contribution in [3.63, 3.8) is 0 Å². The van der Waals surface area contributed by atoms with Crippen LogP contribution in [0.3, 0.4) is 0 Å². The van der Waals surface area contributed by atoms with Crippen molar-refractivity contribution in [3.05, 3.63) is 52.8 Å². The predicted octanol–water partition coefficient (Wildman–Crippen LogP) is 1.23. The first-order chi connectivity index (χ1) is 10.3. The van der Waals surface area contributed by atoms with Gasteiger partial charge in [0, 0.05) is 11.3 Å². The second kappa shape index (κ2) is 6.10. The number of carbonyl (C=O) groups excluding carboxylic acids is 1. The highest BCUT2D eigenvalue weighted by Gasteiger charge is 2.24. The van der Waals surface area contributed by atoms with Crippen LogP contribution >= 0.6 is 0 Å². The molecule has 0 unspecified atom stereocenters. The zero-order valence-corrected chi connectivity index (χ0v) is 11.8. The minimum absolute atomic E-state index is 0.0900. The number of aromatic nitrogens is 2. The van der Waals surface area contributed by atoms with Crippen LogP contribution in [0.2, 0.25) is 0 Å². The van der Waals surface area contributed by atoms with Crippen LogP contribution in [0.4, 0.5) is 0 Å². The molecule has 0 aliphatic heterocycles. The molecule has 1 aromatic carbocycles. The van der Waals surface area contributed by atoms with Gasteiger partial charge in [-0.25, -0.2) is 0 Å². The fourth-order valence-corrected chi connectivity index (χ4v) is 2.82. The van der Waals surface area contributed by atoms with E-state index < -0.39 is 0 Å². The van der Waals surface area contributed by atoms with E-state index in [1.54, 1.807) is 0 Å². The molecule has 3 rings (SSSR count). The van der Waals surface area contributed by atoms with Crippen LogP contribution in [-0.2, 0) is 19.3 Å². The molecule has 1 amide bonds. The van der Waals surface area contributed by atoms with Crippen molar-refractivity contribution in [2.75, 3.05) is 6.61 Å². The van der Waals surface area contributed by atoms with E-state index in [0.717, 1.165) is 36.1 Å². The molecule has 1 aliphatic carbocycles. The topological polar surface area (TPSA) is 78.0 Å². The number of hydrogen-bond acceptors (Lipinski definition) is 3. The van der Waals surface area contributed by atoms with Crippen LogP contribution < -0.4 is 5.32 Å². The monoisotopic (exact) mass is 285 g/mol. The van der Waals surface area contributed by atoms with Gasteiger partial charge >= 0.3 is 0 Å². The number of aromatic amines is 1. The number of nitrogens with one attached hydrogen (secondary N) is 2. The van der Waals surface area contributed by atoms with Gasteiger partial charge in [0.25, 0.3) is 5.91 Å². The van der Waals surface area contributed by atoms with Crippen molar-refractivity contribution in [3.8, 4) is 0 Å². The lowest BCUT2D eigenvalue weighted by atomic mass is 10.1. The Bertz CT molecular complexity index is 622. The number of carbonyl (C=O) groups is 1. The molecular weight excluding hydrogens is 266 g/mol. The van der Waals surface area contributed by atoms with Crippen LogP contribution in [0, 0.1) is 0 Å². The summed E-state index contributed by atoms with van der Waals surface area (Å²) in [7, 11) is 0. The van der Waals surface area contributed by atoms with Gasteiger partial charge in [0.1, 0.15) is 0 Å². The summed E-state index contributed by atoms with van der Waals surface area (Å²) in [6.07, 6.45) is 3.53. The van der Waals surface area contributed by atoms with E-state index in [1.807, 2.05) is 30.3 Å². The number of amides is 1. The third-order valence-electron chi connectivity index (χ3n) is 3.90. The molecule has 1 atom stereocenters. The quantitative estimate of drug-likeness (QED) is 0.773. The number of aliphatic hydroxyl groups excluding tert-OH is 1. The zero-order valence-electron chi connectivity index (χ0n) is 11.8. The molecule has 0 bridgehead atoms. The summed E-state index contributed by atoms with van der Waals surface area (Å²) in [4.78, 5) is 12.3. The average Bonchev–Trinajstić information content (AvgIpc) is 3.10. The summed E-state index contributed by atoms with van der Waals surface area (Å²) in [5, 5.41) is 19.4. The maximum Gasteiger partial charge on any atom is 0.272 e. The van der Waals surface area contributed by atoms with Crippen molar-refractivity contribution in [2.24, 2.45) is 0 Å². The standard InChI is InChI=1S/C16H19N3O2/c20-10-12(9-11-5-2-1-3-6-11)17-16(21)15-13-7-4-8-14(13)18-19-15/h1-3,5-6,12,20H,4,7-10H2,(H,17,21)(H,18,19)/t12-/m0/s1. The van der Waals surface area contributed by atoms with E-state index in [-0.39, 0.29) is 18.6 Å². The maximum absolute atomic E-state index is 12.3. The lowest BCUT2D eigenvalue weighted by molar-refractivity contribution is 0.0910. The molecule has 1 heterocycles. The van der Waals surface area contributed by atoms with E-state index in [9.17, 15) is 9.90 Å². The van der Waals surface area contributed by atoms with E-state index in [4.69, 9.17) is 0 Å². The van der Waals surface area contributed by atoms with Gasteiger partial charge in [-0.1, -0.05) is 30.3 Å². The Hall–Kier alpha value is -2.14. The minimum atomic E-state index is -0.298. The Balaban J connectivity index is 1.67. The number of fused-ring (bicyclic) bond motifs is 1. The first-order valence-corrected chi connectivity index (χ1v) is 7.29. The smallest absolute Gasteiger partial charge is 0.272 e. The molecule has 110 valence electrons. The number of rotatable bonds is 5. The summed E-state index contributed by atoms with van der Waals surface area (Å²) in [5.41, 5.74) is 3.67. The van der Waals surface area contributed by atoms with E-state index in [2.05, 4.69) is 15.5 Å². The molecule has 5 heteroatoms. The van der Waals surface area contributed by atoms with Crippen molar-refractivity contribution in [1.29, 1.82) is 0 Å².